The molecule has 3 N–H and O–H groups in total. The second kappa shape index (κ2) is 7.78. The normalized spacial score (nSPS) is 27.2. The zero-order chi connectivity index (χ0) is 23.3. The van der Waals surface area contributed by atoms with E-state index in [2.05, 4.69) is 10.6 Å². The highest BCUT2D eigenvalue weighted by atomic mass is 35.5. The van der Waals surface area contributed by atoms with Crippen molar-refractivity contribution in [3.05, 3.63) is 45.3 Å². The number of nitrogens with one attached hydrogen (secondary N) is 2. The fraction of sp³-hybridized carbons (Fsp3) is 0.522. The number of rotatable bonds is 3. The first-order valence-corrected chi connectivity index (χ1v) is 11.0. The molecule has 0 spiro atoms. The lowest BCUT2D eigenvalue weighted by Crippen LogP contribution is -2.70. The molecule has 2 aromatic rings. The van der Waals surface area contributed by atoms with Crippen LogP contribution < -0.4 is 16.1 Å². The number of amides is 2. The van der Waals surface area contributed by atoms with Gasteiger partial charge in [0.15, 0.2) is 11.2 Å². The number of alkyl carbamates (subject to hydrolysis) is 1. The molecule has 0 aliphatic heterocycles. The number of fused-ring (bicyclic) bond motifs is 4. The summed E-state index contributed by atoms with van der Waals surface area (Å²) in [6, 6.07) is 5.79. The van der Waals surface area contributed by atoms with Gasteiger partial charge in [-0.05, 0) is 71.1 Å². The second-order valence-corrected chi connectivity index (χ2v) is 10.3. The van der Waals surface area contributed by atoms with E-state index in [0.29, 0.717) is 36.1 Å². The van der Waals surface area contributed by atoms with Crippen molar-refractivity contribution in [2.24, 2.45) is 0 Å². The standard InChI is InChI=1S/C23H27ClN2O6/c1-21(2,3)32-20(30)26-23-8-6-22(7-9-23,12-18(23)28)25-19(29)17-11-15(27)14-10-13(24)4-5-16(14)31-17/h4-5,10-11,18,28H,6-9,12H2,1-3H3,(H,25,29)(H,26,30)/t18-,22?,23?/m1/s1. The van der Waals surface area contributed by atoms with Crippen molar-refractivity contribution in [3.8, 4) is 0 Å². The molecule has 9 heteroatoms. The van der Waals surface area contributed by atoms with Crippen molar-refractivity contribution >= 4 is 34.6 Å². The molecule has 1 heterocycles. The van der Waals surface area contributed by atoms with Gasteiger partial charge in [0, 0.05) is 16.6 Å². The van der Waals surface area contributed by atoms with Gasteiger partial charge in [0.2, 0.25) is 0 Å². The Balaban J connectivity index is 1.48. The number of benzene rings is 1. The third-order valence-corrected chi connectivity index (χ3v) is 6.60. The van der Waals surface area contributed by atoms with Crippen LogP contribution in [0.5, 0.6) is 0 Å². The minimum atomic E-state index is -0.844. The van der Waals surface area contributed by atoms with Crippen molar-refractivity contribution in [1.82, 2.24) is 10.6 Å². The highest BCUT2D eigenvalue weighted by molar-refractivity contribution is 6.31. The van der Waals surface area contributed by atoms with E-state index in [0.717, 1.165) is 6.07 Å². The Hall–Kier alpha value is -2.58. The zero-order valence-corrected chi connectivity index (χ0v) is 19.0. The summed E-state index contributed by atoms with van der Waals surface area (Å²) in [7, 11) is 0. The van der Waals surface area contributed by atoms with Crippen LogP contribution >= 0.6 is 11.6 Å². The summed E-state index contributed by atoms with van der Waals surface area (Å²) in [5, 5.41) is 17.4. The second-order valence-electron chi connectivity index (χ2n) is 9.85. The molecule has 0 saturated heterocycles. The van der Waals surface area contributed by atoms with E-state index in [4.69, 9.17) is 20.8 Å². The lowest BCUT2D eigenvalue weighted by Gasteiger charge is -2.56. The Kier molecular flexibility index (Phi) is 5.49. The smallest absolute Gasteiger partial charge is 0.408 e. The minimum absolute atomic E-state index is 0.0945. The van der Waals surface area contributed by atoms with Gasteiger partial charge >= 0.3 is 6.09 Å². The average Bonchev–Trinajstić information content (AvgIpc) is 2.68. The Bertz CT molecular complexity index is 1130. The van der Waals surface area contributed by atoms with Crippen LogP contribution in [0.15, 0.2) is 33.5 Å². The van der Waals surface area contributed by atoms with Gasteiger partial charge in [-0.3, -0.25) is 9.59 Å². The Morgan fingerprint density at radius 3 is 2.47 bits per heavy atom. The van der Waals surface area contributed by atoms with E-state index in [1.165, 1.54) is 6.07 Å². The lowest BCUT2D eigenvalue weighted by atomic mass is 9.60. The van der Waals surface area contributed by atoms with Crippen LogP contribution in [0.3, 0.4) is 0 Å². The van der Waals surface area contributed by atoms with Gasteiger partial charge in [0.25, 0.3) is 5.91 Å². The Labute approximate surface area is 190 Å². The topological polar surface area (TPSA) is 118 Å². The molecule has 32 heavy (non-hydrogen) atoms. The van der Waals surface area contributed by atoms with Gasteiger partial charge < -0.3 is 24.9 Å². The molecule has 1 atom stereocenters. The fourth-order valence-electron chi connectivity index (χ4n) is 4.71. The molecule has 5 rings (SSSR count). The number of aliphatic hydroxyl groups excluding tert-OH is 1. The number of halogens is 1. The summed E-state index contributed by atoms with van der Waals surface area (Å²) < 4.78 is 11.0. The van der Waals surface area contributed by atoms with Crippen molar-refractivity contribution < 1.29 is 23.8 Å². The van der Waals surface area contributed by atoms with Gasteiger partial charge in [-0.2, -0.15) is 0 Å². The largest absolute Gasteiger partial charge is 0.451 e. The molecule has 3 fully saturated rings. The van der Waals surface area contributed by atoms with Gasteiger partial charge in [-0.1, -0.05) is 11.6 Å². The van der Waals surface area contributed by atoms with E-state index in [1.54, 1.807) is 32.9 Å². The highest BCUT2D eigenvalue weighted by Crippen LogP contribution is 2.47. The van der Waals surface area contributed by atoms with E-state index in [9.17, 15) is 19.5 Å². The molecule has 2 bridgehead atoms. The number of hydrogen-bond donors (Lipinski definition) is 3. The third kappa shape index (κ3) is 4.34. The monoisotopic (exact) mass is 462 g/mol. The van der Waals surface area contributed by atoms with Crippen molar-refractivity contribution in [2.75, 3.05) is 0 Å². The number of ether oxygens (including phenoxy) is 1. The molecule has 0 radical (unpaired) electrons. The Morgan fingerprint density at radius 1 is 1.16 bits per heavy atom. The summed E-state index contributed by atoms with van der Waals surface area (Å²) in [6.45, 7) is 5.34. The zero-order valence-electron chi connectivity index (χ0n) is 18.3. The van der Waals surface area contributed by atoms with E-state index >= 15 is 0 Å². The fourth-order valence-corrected chi connectivity index (χ4v) is 4.88. The third-order valence-electron chi connectivity index (χ3n) is 6.36. The minimum Gasteiger partial charge on any atom is -0.451 e. The quantitative estimate of drug-likeness (QED) is 0.642. The van der Waals surface area contributed by atoms with Crippen LogP contribution in [0.4, 0.5) is 4.79 Å². The van der Waals surface area contributed by atoms with Gasteiger partial charge in [-0.25, -0.2) is 4.79 Å². The van der Waals surface area contributed by atoms with Crippen LogP contribution in [0.2, 0.25) is 5.02 Å². The predicted octanol–water partition coefficient (Wildman–Crippen LogP) is 3.52. The molecular formula is C23H27ClN2O6. The maximum atomic E-state index is 12.9. The molecule has 3 saturated carbocycles. The number of carbonyl (C=O) groups excluding carboxylic acids is 2. The lowest BCUT2D eigenvalue weighted by molar-refractivity contribution is -0.0621. The summed E-state index contributed by atoms with van der Waals surface area (Å²) in [6.07, 6.45) is 0.999. The molecule has 3 aliphatic rings. The summed E-state index contributed by atoms with van der Waals surface area (Å²) in [4.78, 5) is 37.6. The Morgan fingerprint density at radius 2 is 1.84 bits per heavy atom. The van der Waals surface area contributed by atoms with Crippen molar-refractivity contribution in [2.45, 2.75) is 75.7 Å². The maximum absolute atomic E-state index is 12.9. The molecule has 1 aromatic heterocycles. The van der Waals surface area contributed by atoms with E-state index < -0.39 is 34.8 Å². The van der Waals surface area contributed by atoms with Crippen LogP contribution in [0, 0.1) is 0 Å². The maximum Gasteiger partial charge on any atom is 0.408 e. The van der Waals surface area contributed by atoms with Crippen molar-refractivity contribution in [3.63, 3.8) is 0 Å². The van der Waals surface area contributed by atoms with Crippen LogP contribution in [0.1, 0.15) is 63.4 Å². The number of aliphatic hydroxyl groups is 1. The van der Waals surface area contributed by atoms with E-state index in [-0.39, 0.29) is 23.2 Å². The first-order chi connectivity index (χ1) is 14.9. The SMILES string of the molecule is CC(C)(C)OC(=O)NC12CCC(NC(=O)c3cc(=O)c4cc(Cl)ccc4o3)(CC1)C[C@H]2O. The molecule has 3 aliphatic carbocycles. The summed E-state index contributed by atoms with van der Waals surface area (Å²) in [5.41, 5.74) is -2.13. The summed E-state index contributed by atoms with van der Waals surface area (Å²) >= 11 is 5.93. The molecule has 8 nitrogen and oxygen atoms in total. The first-order valence-electron chi connectivity index (χ1n) is 10.7. The van der Waals surface area contributed by atoms with Crippen LogP contribution in [-0.2, 0) is 4.74 Å². The predicted molar refractivity (Wildman–Crippen MR) is 119 cm³/mol. The van der Waals surface area contributed by atoms with E-state index in [1.807, 2.05) is 0 Å². The van der Waals surface area contributed by atoms with Gasteiger partial charge in [0.1, 0.15) is 11.2 Å². The van der Waals surface area contributed by atoms with Crippen LogP contribution in [-0.4, -0.2) is 39.9 Å². The molecule has 0 unspecified atom stereocenters. The van der Waals surface area contributed by atoms with Crippen LogP contribution in [0.25, 0.3) is 11.0 Å². The van der Waals surface area contributed by atoms with Crippen molar-refractivity contribution in [1.29, 1.82) is 0 Å². The molecular weight excluding hydrogens is 436 g/mol. The number of carbonyl (C=O) groups is 2. The average molecular weight is 463 g/mol. The molecule has 1 aromatic carbocycles. The first kappa shape index (κ1) is 22.6. The van der Waals surface area contributed by atoms with Gasteiger partial charge in [0.05, 0.1) is 17.0 Å². The van der Waals surface area contributed by atoms with Gasteiger partial charge in [-0.15, -0.1) is 0 Å². The number of hydrogen-bond acceptors (Lipinski definition) is 6. The molecule has 172 valence electrons. The summed E-state index contributed by atoms with van der Waals surface area (Å²) in [5.74, 6) is -0.608. The molecule has 2 amide bonds. The highest BCUT2D eigenvalue weighted by Gasteiger charge is 2.55.